The molecule has 0 bridgehead atoms. The molecule has 0 aliphatic heterocycles. The summed E-state index contributed by atoms with van der Waals surface area (Å²) in [6.45, 7) is 3.40. The van der Waals surface area contributed by atoms with E-state index in [0.717, 1.165) is 28.6 Å². The van der Waals surface area contributed by atoms with E-state index in [1.54, 1.807) is 6.07 Å². The average Bonchev–Trinajstić information content (AvgIpc) is 3.43. The second kappa shape index (κ2) is 6.86. The Hall–Kier alpha value is -2.17. The van der Waals surface area contributed by atoms with E-state index in [1.807, 2.05) is 31.2 Å². The topological polar surface area (TPSA) is 34.6 Å². The second-order valence-electron chi connectivity index (χ2n) is 7.10. The predicted molar refractivity (Wildman–Crippen MR) is 100 cm³/mol. The lowest BCUT2D eigenvalue weighted by atomic mass is 10.1. The number of hydrogen-bond acceptors (Lipinski definition) is 2. The molecule has 3 aromatic rings. The van der Waals surface area contributed by atoms with Gasteiger partial charge in [-0.25, -0.2) is 9.18 Å². The number of hydrogen-bond donors (Lipinski definition) is 1. The Morgan fingerprint density at radius 1 is 1.15 bits per heavy atom. The lowest BCUT2D eigenvalue weighted by Crippen LogP contribution is -3.10. The minimum atomic E-state index is -0.342. The Balaban J connectivity index is 1.68. The molecule has 26 heavy (non-hydrogen) atoms. The van der Waals surface area contributed by atoms with Crippen molar-refractivity contribution in [2.75, 3.05) is 0 Å². The van der Waals surface area contributed by atoms with Crippen molar-refractivity contribution in [3.63, 3.8) is 0 Å². The van der Waals surface area contributed by atoms with Gasteiger partial charge >= 0.3 is 5.63 Å². The van der Waals surface area contributed by atoms with Crippen LogP contribution in [-0.4, -0.2) is 6.04 Å². The van der Waals surface area contributed by atoms with Crippen LogP contribution in [0.15, 0.2) is 51.7 Å². The van der Waals surface area contributed by atoms with Gasteiger partial charge in [0.15, 0.2) is 0 Å². The third-order valence-electron chi connectivity index (χ3n) is 5.03. The summed E-state index contributed by atoms with van der Waals surface area (Å²) in [6, 6.07) is 12.5. The number of nitrogens with one attached hydrogen (secondary N) is 1. The van der Waals surface area contributed by atoms with E-state index in [1.165, 1.54) is 29.9 Å². The molecule has 1 saturated carbocycles. The third kappa shape index (κ3) is 3.67. The fraction of sp³-hybridized carbons (Fsp3) is 0.286. The molecule has 1 aromatic heterocycles. The molecule has 3 nitrogen and oxygen atoms in total. The van der Waals surface area contributed by atoms with Crippen LogP contribution in [0, 0.1) is 12.7 Å². The minimum absolute atomic E-state index is 0.224. The number of quaternary nitrogens is 1. The molecule has 1 atom stereocenters. The van der Waals surface area contributed by atoms with Gasteiger partial charge < -0.3 is 9.32 Å². The van der Waals surface area contributed by atoms with Crippen LogP contribution in [0.4, 0.5) is 4.39 Å². The minimum Gasteiger partial charge on any atom is -0.423 e. The molecule has 1 N–H and O–H groups in total. The highest BCUT2D eigenvalue weighted by atomic mass is 35.5. The van der Waals surface area contributed by atoms with Gasteiger partial charge in [0, 0.05) is 40.4 Å². The first-order valence-corrected chi connectivity index (χ1v) is 9.19. The van der Waals surface area contributed by atoms with Crippen LogP contribution in [-0.2, 0) is 13.1 Å². The van der Waals surface area contributed by atoms with Gasteiger partial charge in [-0.15, -0.1) is 0 Å². The molecule has 1 aliphatic rings. The molecule has 0 spiro atoms. The van der Waals surface area contributed by atoms with Crippen molar-refractivity contribution in [2.24, 2.45) is 0 Å². The van der Waals surface area contributed by atoms with E-state index in [9.17, 15) is 9.18 Å². The molecule has 5 heteroatoms. The molecule has 4 rings (SSSR count). The molecule has 1 aliphatic carbocycles. The van der Waals surface area contributed by atoms with Crippen LogP contribution in [0.2, 0.25) is 5.02 Å². The van der Waals surface area contributed by atoms with Gasteiger partial charge in [-0.3, -0.25) is 0 Å². The first-order valence-electron chi connectivity index (χ1n) is 8.81. The highest BCUT2D eigenvalue weighted by Gasteiger charge is 2.33. The van der Waals surface area contributed by atoms with Crippen molar-refractivity contribution >= 4 is 22.6 Å². The molecule has 134 valence electrons. The predicted octanol–water partition coefficient (Wildman–Crippen LogP) is 3.64. The fourth-order valence-corrected chi connectivity index (χ4v) is 3.61. The van der Waals surface area contributed by atoms with Crippen LogP contribution in [0.5, 0.6) is 0 Å². The third-order valence-corrected chi connectivity index (χ3v) is 5.43. The van der Waals surface area contributed by atoms with Gasteiger partial charge in [-0.05, 0) is 36.8 Å². The van der Waals surface area contributed by atoms with Crippen LogP contribution in [0.1, 0.15) is 29.5 Å². The van der Waals surface area contributed by atoms with Crippen molar-refractivity contribution in [3.05, 3.63) is 80.4 Å². The lowest BCUT2D eigenvalue weighted by Gasteiger charge is -2.20. The van der Waals surface area contributed by atoms with E-state index in [0.29, 0.717) is 23.2 Å². The first-order chi connectivity index (χ1) is 12.5. The maximum Gasteiger partial charge on any atom is 0.336 e. The Morgan fingerprint density at radius 2 is 1.88 bits per heavy atom. The second-order valence-corrected chi connectivity index (χ2v) is 7.51. The van der Waals surface area contributed by atoms with Crippen molar-refractivity contribution in [2.45, 2.75) is 38.9 Å². The van der Waals surface area contributed by atoms with Gasteiger partial charge in [0.05, 0.1) is 6.04 Å². The van der Waals surface area contributed by atoms with Gasteiger partial charge in [0.1, 0.15) is 24.5 Å². The smallest absolute Gasteiger partial charge is 0.336 e. The summed E-state index contributed by atoms with van der Waals surface area (Å²) >= 11 is 6.29. The molecular formula is C21H20ClFNO2+. The van der Waals surface area contributed by atoms with Gasteiger partial charge in [-0.1, -0.05) is 23.7 Å². The molecular weight excluding hydrogens is 353 g/mol. The summed E-state index contributed by atoms with van der Waals surface area (Å²) < 4.78 is 18.5. The highest BCUT2D eigenvalue weighted by Crippen LogP contribution is 2.25. The van der Waals surface area contributed by atoms with Crippen molar-refractivity contribution in [1.29, 1.82) is 0 Å². The van der Waals surface area contributed by atoms with E-state index < -0.39 is 0 Å². The van der Waals surface area contributed by atoms with E-state index in [-0.39, 0.29) is 11.4 Å². The van der Waals surface area contributed by atoms with Crippen molar-refractivity contribution in [1.82, 2.24) is 0 Å². The molecule has 1 fully saturated rings. The lowest BCUT2D eigenvalue weighted by molar-refractivity contribution is -0.938. The summed E-state index contributed by atoms with van der Waals surface area (Å²) in [6.07, 6.45) is 2.35. The van der Waals surface area contributed by atoms with Crippen LogP contribution in [0.3, 0.4) is 0 Å². The zero-order chi connectivity index (χ0) is 18.3. The van der Waals surface area contributed by atoms with Crippen LogP contribution >= 0.6 is 11.6 Å². The zero-order valence-corrected chi connectivity index (χ0v) is 15.3. The summed E-state index contributed by atoms with van der Waals surface area (Å²) in [4.78, 5) is 13.4. The molecule has 0 amide bonds. The van der Waals surface area contributed by atoms with E-state index in [2.05, 4.69) is 0 Å². The van der Waals surface area contributed by atoms with Crippen molar-refractivity contribution < 1.29 is 13.7 Å². The monoisotopic (exact) mass is 372 g/mol. The zero-order valence-electron chi connectivity index (χ0n) is 14.5. The highest BCUT2D eigenvalue weighted by molar-refractivity contribution is 6.32. The molecule has 2 aromatic carbocycles. The molecule has 0 saturated heterocycles. The Bertz CT molecular complexity index is 1010. The normalized spacial score (nSPS) is 15.3. The standard InChI is InChI=1S/C21H19ClFNO2/c1-13-8-20-18(10-19(13)22)15(9-21(25)26-20)12-24(17-6-7-17)11-14-2-4-16(23)5-3-14/h2-5,8-10,17H,6-7,11-12H2,1H3/p+1. The van der Waals surface area contributed by atoms with Crippen LogP contribution < -0.4 is 10.5 Å². The summed E-state index contributed by atoms with van der Waals surface area (Å²) in [7, 11) is 0. The molecule has 1 unspecified atom stereocenters. The Kier molecular flexibility index (Phi) is 4.55. The van der Waals surface area contributed by atoms with E-state index >= 15 is 0 Å². The summed E-state index contributed by atoms with van der Waals surface area (Å²) in [5.41, 5.74) is 3.16. The van der Waals surface area contributed by atoms with Gasteiger partial charge in [0.2, 0.25) is 0 Å². The number of fused-ring (bicyclic) bond motifs is 1. The first kappa shape index (κ1) is 17.3. The Morgan fingerprint density at radius 3 is 2.58 bits per heavy atom. The number of aryl methyl sites for hydroxylation is 1. The fourth-order valence-electron chi connectivity index (χ4n) is 3.45. The average molecular weight is 373 g/mol. The number of halogens is 2. The largest absolute Gasteiger partial charge is 0.423 e. The maximum absolute atomic E-state index is 13.2. The number of rotatable bonds is 5. The molecule has 0 radical (unpaired) electrons. The van der Waals surface area contributed by atoms with Crippen molar-refractivity contribution in [3.8, 4) is 0 Å². The quantitative estimate of drug-likeness (QED) is 0.694. The van der Waals surface area contributed by atoms with Crippen LogP contribution in [0.25, 0.3) is 11.0 Å². The SMILES string of the molecule is Cc1cc2oc(=O)cc(C[NH+](Cc3ccc(F)cc3)C3CC3)c2cc1Cl. The molecule has 1 heterocycles. The summed E-state index contributed by atoms with van der Waals surface area (Å²) in [5.74, 6) is -0.224. The maximum atomic E-state index is 13.2. The summed E-state index contributed by atoms with van der Waals surface area (Å²) in [5, 5.41) is 1.55. The van der Waals surface area contributed by atoms with Gasteiger partial charge in [0.25, 0.3) is 0 Å². The Labute approximate surface area is 156 Å². The van der Waals surface area contributed by atoms with E-state index in [4.69, 9.17) is 16.0 Å². The number of benzene rings is 2. The van der Waals surface area contributed by atoms with Gasteiger partial charge in [-0.2, -0.15) is 0 Å².